The number of ether oxygens (including phenoxy) is 1. The molecule has 1 rings (SSSR count). The Balaban J connectivity index is 2.83. The van der Waals surface area contributed by atoms with Gasteiger partial charge in [0, 0.05) is 31.0 Å². The second-order valence-corrected chi connectivity index (χ2v) is 5.17. The van der Waals surface area contributed by atoms with Gasteiger partial charge in [0.2, 0.25) is 0 Å². The standard InChI is InChI=1S/C13H20N2O4/c1-13(2,4-5-16)9-14-10-6-11(15(17)18)8-12(7-10)19-3/h6-8,14,16H,4-5,9H2,1-3H3. The molecule has 0 aliphatic heterocycles. The first kappa shape index (κ1) is 15.2. The number of non-ortho nitro benzene ring substituents is 1. The molecule has 0 atom stereocenters. The van der Waals surface area contributed by atoms with E-state index in [0.717, 1.165) is 0 Å². The van der Waals surface area contributed by atoms with Crippen molar-refractivity contribution in [3.8, 4) is 5.75 Å². The number of rotatable bonds is 7. The number of hydrogen-bond acceptors (Lipinski definition) is 5. The molecule has 2 N–H and O–H groups in total. The van der Waals surface area contributed by atoms with E-state index in [1.165, 1.54) is 19.2 Å². The van der Waals surface area contributed by atoms with Crippen LogP contribution in [0.5, 0.6) is 5.75 Å². The molecule has 6 heteroatoms. The Morgan fingerprint density at radius 1 is 1.42 bits per heavy atom. The quantitative estimate of drug-likeness (QED) is 0.586. The van der Waals surface area contributed by atoms with Gasteiger partial charge in [-0.25, -0.2) is 0 Å². The van der Waals surface area contributed by atoms with Gasteiger partial charge >= 0.3 is 0 Å². The van der Waals surface area contributed by atoms with E-state index in [1.807, 2.05) is 13.8 Å². The lowest BCUT2D eigenvalue weighted by Crippen LogP contribution is -2.24. The highest BCUT2D eigenvalue weighted by Crippen LogP contribution is 2.27. The van der Waals surface area contributed by atoms with Gasteiger partial charge in [-0.15, -0.1) is 0 Å². The summed E-state index contributed by atoms with van der Waals surface area (Å²) in [6.45, 7) is 4.76. The van der Waals surface area contributed by atoms with Crippen LogP contribution in [0.25, 0.3) is 0 Å². The van der Waals surface area contributed by atoms with Gasteiger partial charge in [-0.2, -0.15) is 0 Å². The molecule has 0 unspecified atom stereocenters. The summed E-state index contributed by atoms with van der Waals surface area (Å²) in [5, 5.41) is 22.9. The molecule has 0 heterocycles. The molecule has 1 aromatic carbocycles. The summed E-state index contributed by atoms with van der Waals surface area (Å²) >= 11 is 0. The molecule has 0 amide bonds. The third-order valence-corrected chi connectivity index (χ3v) is 2.90. The average molecular weight is 268 g/mol. The number of nitro benzene ring substituents is 1. The number of nitrogens with zero attached hydrogens (tertiary/aromatic N) is 1. The van der Waals surface area contributed by atoms with Gasteiger partial charge in [0.15, 0.2) is 0 Å². The van der Waals surface area contributed by atoms with Gasteiger partial charge in [-0.3, -0.25) is 10.1 Å². The summed E-state index contributed by atoms with van der Waals surface area (Å²) in [6.07, 6.45) is 0.659. The van der Waals surface area contributed by atoms with Crippen molar-refractivity contribution in [2.45, 2.75) is 20.3 Å². The SMILES string of the molecule is COc1cc(NCC(C)(C)CCO)cc([N+](=O)[O-])c1. The summed E-state index contributed by atoms with van der Waals surface area (Å²) < 4.78 is 5.04. The molecule has 0 spiro atoms. The lowest BCUT2D eigenvalue weighted by atomic mass is 9.89. The summed E-state index contributed by atoms with van der Waals surface area (Å²) in [5.41, 5.74) is 0.533. The number of nitro groups is 1. The smallest absolute Gasteiger partial charge is 0.275 e. The Hall–Kier alpha value is -1.82. The Kier molecular flexibility index (Phi) is 5.11. The van der Waals surface area contributed by atoms with Crippen molar-refractivity contribution >= 4 is 11.4 Å². The number of hydrogen-bond donors (Lipinski definition) is 2. The maximum atomic E-state index is 10.8. The highest BCUT2D eigenvalue weighted by molar-refractivity contribution is 5.56. The Bertz CT molecular complexity index is 446. The zero-order chi connectivity index (χ0) is 14.5. The molecule has 0 aromatic heterocycles. The van der Waals surface area contributed by atoms with Gasteiger partial charge < -0.3 is 15.2 Å². The van der Waals surface area contributed by atoms with E-state index in [4.69, 9.17) is 9.84 Å². The third-order valence-electron chi connectivity index (χ3n) is 2.90. The van der Waals surface area contributed by atoms with E-state index in [1.54, 1.807) is 6.07 Å². The topological polar surface area (TPSA) is 84.6 Å². The fourth-order valence-corrected chi connectivity index (χ4v) is 1.64. The van der Waals surface area contributed by atoms with E-state index in [2.05, 4.69) is 5.32 Å². The molecule has 0 aliphatic carbocycles. The molecule has 19 heavy (non-hydrogen) atoms. The van der Waals surface area contributed by atoms with Crippen LogP contribution in [0.4, 0.5) is 11.4 Å². The zero-order valence-electron chi connectivity index (χ0n) is 11.5. The highest BCUT2D eigenvalue weighted by Gasteiger charge is 2.17. The predicted octanol–water partition coefficient (Wildman–Crippen LogP) is 2.42. The average Bonchev–Trinajstić information content (AvgIpc) is 2.36. The number of aliphatic hydroxyl groups excluding tert-OH is 1. The first-order valence-electron chi connectivity index (χ1n) is 6.06. The van der Waals surface area contributed by atoms with Crippen LogP contribution in [-0.4, -0.2) is 30.3 Å². The van der Waals surface area contributed by atoms with Gasteiger partial charge in [-0.05, 0) is 11.8 Å². The normalized spacial score (nSPS) is 11.2. The van der Waals surface area contributed by atoms with Crippen LogP contribution in [0.3, 0.4) is 0 Å². The van der Waals surface area contributed by atoms with Crippen LogP contribution in [0.2, 0.25) is 0 Å². The van der Waals surface area contributed by atoms with Crippen LogP contribution < -0.4 is 10.1 Å². The summed E-state index contributed by atoms with van der Waals surface area (Å²) in [5.74, 6) is 0.441. The predicted molar refractivity (Wildman–Crippen MR) is 73.6 cm³/mol. The van der Waals surface area contributed by atoms with Gasteiger partial charge in [0.25, 0.3) is 5.69 Å². The summed E-state index contributed by atoms with van der Waals surface area (Å²) in [4.78, 5) is 10.4. The van der Waals surface area contributed by atoms with Crippen molar-refractivity contribution < 1.29 is 14.8 Å². The van der Waals surface area contributed by atoms with Crippen molar-refractivity contribution in [1.82, 2.24) is 0 Å². The van der Waals surface area contributed by atoms with Crippen molar-refractivity contribution in [3.05, 3.63) is 28.3 Å². The molecular formula is C13H20N2O4. The first-order valence-corrected chi connectivity index (χ1v) is 6.06. The van der Waals surface area contributed by atoms with Crippen molar-refractivity contribution in [2.75, 3.05) is 25.6 Å². The molecule has 0 radical (unpaired) electrons. The lowest BCUT2D eigenvalue weighted by molar-refractivity contribution is -0.384. The van der Waals surface area contributed by atoms with Crippen LogP contribution >= 0.6 is 0 Å². The fourth-order valence-electron chi connectivity index (χ4n) is 1.64. The molecular weight excluding hydrogens is 248 g/mol. The Morgan fingerprint density at radius 3 is 2.63 bits per heavy atom. The van der Waals surface area contributed by atoms with Crippen LogP contribution in [-0.2, 0) is 0 Å². The number of benzene rings is 1. The van der Waals surface area contributed by atoms with E-state index in [9.17, 15) is 10.1 Å². The lowest BCUT2D eigenvalue weighted by Gasteiger charge is -2.24. The molecule has 0 saturated heterocycles. The first-order chi connectivity index (χ1) is 8.88. The van der Waals surface area contributed by atoms with Crippen LogP contribution in [0.1, 0.15) is 20.3 Å². The fraction of sp³-hybridized carbons (Fsp3) is 0.538. The molecule has 0 aliphatic rings. The van der Waals surface area contributed by atoms with E-state index in [-0.39, 0.29) is 17.7 Å². The number of anilines is 1. The Labute approximate surface area is 112 Å². The van der Waals surface area contributed by atoms with E-state index >= 15 is 0 Å². The zero-order valence-corrected chi connectivity index (χ0v) is 11.5. The second-order valence-electron chi connectivity index (χ2n) is 5.17. The minimum atomic E-state index is -0.452. The van der Waals surface area contributed by atoms with Crippen molar-refractivity contribution in [1.29, 1.82) is 0 Å². The van der Waals surface area contributed by atoms with Crippen LogP contribution in [0, 0.1) is 15.5 Å². The van der Waals surface area contributed by atoms with Gasteiger partial charge in [0.1, 0.15) is 5.75 Å². The van der Waals surface area contributed by atoms with Gasteiger partial charge in [0.05, 0.1) is 18.1 Å². The minimum Gasteiger partial charge on any atom is -0.496 e. The van der Waals surface area contributed by atoms with Crippen molar-refractivity contribution in [3.63, 3.8) is 0 Å². The van der Waals surface area contributed by atoms with Crippen molar-refractivity contribution in [2.24, 2.45) is 5.41 Å². The third kappa shape index (κ3) is 4.75. The summed E-state index contributed by atoms with van der Waals surface area (Å²) in [6, 6.07) is 4.56. The molecule has 0 bridgehead atoms. The highest BCUT2D eigenvalue weighted by atomic mass is 16.6. The minimum absolute atomic E-state index is 0.0122. The molecule has 0 saturated carbocycles. The number of methoxy groups -OCH3 is 1. The maximum Gasteiger partial charge on any atom is 0.275 e. The Morgan fingerprint density at radius 2 is 2.11 bits per heavy atom. The monoisotopic (exact) mass is 268 g/mol. The number of aliphatic hydroxyl groups is 1. The molecule has 106 valence electrons. The van der Waals surface area contributed by atoms with Gasteiger partial charge in [-0.1, -0.05) is 13.8 Å². The maximum absolute atomic E-state index is 10.8. The van der Waals surface area contributed by atoms with Crippen LogP contribution in [0.15, 0.2) is 18.2 Å². The number of nitrogens with one attached hydrogen (secondary N) is 1. The van der Waals surface area contributed by atoms with E-state index in [0.29, 0.717) is 24.4 Å². The molecule has 1 aromatic rings. The van der Waals surface area contributed by atoms with E-state index < -0.39 is 4.92 Å². The molecule has 0 fully saturated rings. The largest absolute Gasteiger partial charge is 0.496 e. The molecule has 6 nitrogen and oxygen atoms in total. The second kappa shape index (κ2) is 6.38. The summed E-state index contributed by atoms with van der Waals surface area (Å²) in [7, 11) is 1.47.